The molecule has 1 heterocycles. The number of aliphatic carboxylic acids is 1. The molecule has 2 N–H and O–H groups in total. The van der Waals surface area contributed by atoms with Crippen molar-refractivity contribution in [3.63, 3.8) is 0 Å². The lowest BCUT2D eigenvalue weighted by atomic mass is 10.1. The van der Waals surface area contributed by atoms with Crippen LogP contribution in [0.15, 0.2) is 30.3 Å². The first kappa shape index (κ1) is 17.5. The minimum Gasteiger partial charge on any atom is -0.505 e. The van der Waals surface area contributed by atoms with E-state index < -0.39 is 41.5 Å². The van der Waals surface area contributed by atoms with Gasteiger partial charge in [-0.2, -0.15) is 0 Å². The van der Waals surface area contributed by atoms with Gasteiger partial charge in [0.15, 0.2) is 23.2 Å². The van der Waals surface area contributed by atoms with E-state index in [2.05, 4.69) is 0 Å². The predicted octanol–water partition coefficient (Wildman–Crippen LogP) is 3.39. The summed E-state index contributed by atoms with van der Waals surface area (Å²) in [5.74, 6) is -6.01. The maximum absolute atomic E-state index is 13.8. The van der Waals surface area contributed by atoms with Crippen molar-refractivity contribution in [1.29, 1.82) is 0 Å². The lowest BCUT2D eigenvalue weighted by Gasteiger charge is -2.08. The van der Waals surface area contributed by atoms with Crippen LogP contribution in [0.5, 0.6) is 5.75 Å². The van der Waals surface area contributed by atoms with Gasteiger partial charge in [0, 0.05) is 22.7 Å². The summed E-state index contributed by atoms with van der Waals surface area (Å²) in [5, 5.41) is 18.9. The predicted molar refractivity (Wildman–Crippen MR) is 85.7 cm³/mol. The average Bonchev–Trinajstić information content (AvgIpc) is 2.81. The number of carboxylic acid groups (broad SMARTS) is 1. The number of benzene rings is 2. The first-order chi connectivity index (χ1) is 12.2. The van der Waals surface area contributed by atoms with E-state index in [0.29, 0.717) is 6.07 Å². The van der Waals surface area contributed by atoms with Crippen molar-refractivity contribution in [2.75, 3.05) is 0 Å². The number of hydrogen-bond donors (Lipinski definition) is 2. The number of carbonyl (C=O) groups is 2. The van der Waals surface area contributed by atoms with Gasteiger partial charge < -0.3 is 10.2 Å². The molecule has 0 aliphatic rings. The van der Waals surface area contributed by atoms with E-state index in [9.17, 15) is 27.9 Å². The molecule has 26 heavy (non-hydrogen) atoms. The van der Waals surface area contributed by atoms with Crippen LogP contribution < -0.4 is 0 Å². The van der Waals surface area contributed by atoms with Gasteiger partial charge in [0.1, 0.15) is 0 Å². The maximum atomic E-state index is 13.8. The molecule has 2 aromatic carbocycles. The van der Waals surface area contributed by atoms with E-state index in [-0.39, 0.29) is 27.7 Å². The van der Waals surface area contributed by atoms with Crippen LogP contribution in [0.3, 0.4) is 0 Å². The van der Waals surface area contributed by atoms with Gasteiger partial charge in [0.2, 0.25) is 0 Å². The highest BCUT2D eigenvalue weighted by molar-refractivity contribution is 6.05. The second-order valence-corrected chi connectivity index (χ2v) is 5.72. The van der Waals surface area contributed by atoms with Crippen LogP contribution in [0.4, 0.5) is 13.2 Å². The molecule has 0 bridgehead atoms. The Hall–Kier alpha value is -3.29. The number of fused-ring (bicyclic) bond motifs is 1. The molecule has 1 aromatic heterocycles. The molecule has 134 valence electrons. The third kappa shape index (κ3) is 2.79. The largest absolute Gasteiger partial charge is 0.505 e. The van der Waals surface area contributed by atoms with E-state index >= 15 is 0 Å². The van der Waals surface area contributed by atoms with Crippen LogP contribution in [0, 0.1) is 24.4 Å². The molecule has 0 spiro atoms. The molecule has 0 atom stereocenters. The lowest BCUT2D eigenvalue weighted by molar-refractivity contribution is -0.136. The van der Waals surface area contributed by atoms with Crippen LogP contribution in [-0.2, 0) is 11.2 Å². The monoisotopic (exact) mass is 363 g/mol. The number of phenolic OH excluding ortho intramolecular Hbond substituents is 1. The highest BCUT2D eigenvalue weighted by Crippen LogP contribution is 2.32. The van der Waals surface area contributed by atoms with Crippen molar-refractivity contribution in [1.82, 2.24) is 4.57 Å². The first-order valence-electron chi connectivity index (χ1n) is 7.44. The molecule has 5 nitrogen and oxygen atoms in total. The molecule has 0 aliphatic carbocycles. The van der Waals surface area contributed by atoms with Crippen molar-refractivity contribution < 1.29 is 33.0 Å². The minimum atomic E-state index is -1.22. The summed E-state index contributed by atoms with van der Waals surface area (Å²) < 4.78 is 41.4. The Morgan fingerprint density at radius 2 is 1.73 bits per heavy atom. The lowest BCUT2D eigenvalue weighted by Crippen LogP contribution is -2.14. The van der Waals surface area contributed by atoms with Crippen LogP contribution in [0.25, 0.3) is 10.9 Å². The first-order valence-corrected chi connectivity index (χ1v) is 7.44. The molecular weight excluding hydrogens is 351 g/mol. The smallest absolute Gasteiger partial charge is 0.307 e. The minimum absolute atomic E-state index is 0.0174. The standard InChI is InChI=1S/C18H12F3NO4/c1-8-10(6-17(24)25)11-5-16(23)14(21)7-15(11)22(8)18(26)9-2-3-12(19)13(20)4-9/h2-5,7,23H,6H2,1H3,(H,24,25). The van der Waals surface area contributed by atoms with Crippen molar-refractivity contribution in [3.05, 3.63) is 64.6 Å². The second-order valence-electron chi connectivity index (χ2n) is 5.72. The number of carboxylic acids is 1. The number of aromatic nitrogens is 1. The van der Waals surface area contributed by atoms with Crippen LogP contribution in [0.2, 0.25) is 0 Å². The number of rotatable bonds is 3. The summed E-state index contributed by atoms with van der Waals surface area (Å²) >= 11 is 0. The Morgan fingerprint density at radius 1 is 1.04 bits per heavy atom. The van der Waals surface area contributed by atoms with Crippen molar-refractivity contribution >= 4 is 22.8 Å². The van der Waals surface area contributed by atoms with E-state index in [0.717, 1.165) is 28.8 Å². The normalized spacial score (nSPS) is 11.1. The molecule has 0 radical (unpaired) electrons. The number of nitrogens with zero attached hydrogens (tertiary/aromatic N) is 1. The SMILES string of the molecule is Cc1c(CC(=O)O)c2cc(O)c(F)cc2n1C(=O)c1ccc(F)c(F)c1. The molecular formula is C18H12F3NO4. The fourth-order valence-corrected chi connectivity index (χ4v) is 2.88. The van der Waals surface area contributed by atoms with Crippen LogP contribution >= 0.6 is 0 Å². The quantitative estimate of drug-likeness (QED) is 0.748. The number of halogens is 3. The van der Waals surface area contributed by atoms with Crippen molar-refractivity contribution in [2.45, 2.75) is 13.3 Å². The molecule has 0 saturated heterocycles. The van der Waals surface area contributed by atoms with Gasteiger partial charge in [-0.25, -0.2) is 13.2 Å². The zero-order valence-electron chi connectivity index (χ0n) is 13.4. The van der Waals surface area contributed by atoms with Gasteiger partial charge in [-0.3, -0.25) is 14.2 Å². The zero-order chi connectivity index (χ0) is 19.2. The Bertz CT molecular complexity index is 1070. The Morgan fingerprint density at radius 3 is 2.35 bits per heavy atom. The Kier molecular flexibility index (Phi) is 4.19. The molecule has 0 aliphatic heterocycles. The summed E-state index contributed by atoms with van der Waals surface area (Å²) in [5.41, 5.74) is 0.226. The summed E-state index contributed by atoms with van der Waals surface area (Å²) in [4.78, 5) is 23.9. The van der Waals surface area contributed by atoms with Gasteiger partial charge in [0.05, 0.1) is 11.9 Å². The molecule has 0 amide bonds. The molecule has 8 heteroatoms. The third-order valence-corrected chi connectivity index (χ3v) is 4.10. The molecule has 3 rings (SSSR count). The average molecular weight is 363 g/mol. The zero-order valence-corrected chi connectivity index (χ0v) is 13.4. The Balaban J connectivity index is 2.29. The fourth-order valence-electron chi connectivity index (χ4n) is 2.88. The summed E-state index contributed by atoms with van der Waals surface area (Å²) in [6, 6.07) is 4.48. The topological polar surface area (TPSA) is 79.5 Å². The maximum Gasteiger partial charge on any atom is 0.307 e. The van der Waals surface area contributed by atoms with E-state index in [1.165, 1.54) is 6.92 Å². The van der Waals surface area contributed by atoms with Gasteiger partial charge in [-0.1, -0.05) is 0 Å². The van der Waals surface area contributed by atoms with Crippen molar-refractivity contribution in [3.8, 4) is 5.75 Å². The summed E-state index contributed by atoms with van der Waals surface area (Å²) in [6.07, 6.45) is -0.467. The van der Waals surface area contributed by atoms with E-state index in [1.807, 2.05) is 0 Å². The second kappa shape index (κ2) is 6.21. The number of hydrogen-bond acceptors (Lipinski definition) is 3. The summed E-state index contributed by atoms with van der Waals surface area (Å²) in [6.45, 7) is 1.45. The highest BCUT2D eigenvalue weighted by Gasteiger charge is 2.23. The molecule has 3 aromatic rings. The number of carbonyl (C=O) groups excluding carboxylic acids is 1. The van der Waals surface area contributed by atoms with E-state index in [4.69, 9.17) is 5.11 Å². The third-order valence-electron chi connectivity index (χ3n) is 4.10. The highest BCUT2D eigenvalue weighted by atomic mass is 19.2. The summed E-state index contributed by atoms with van der Waals surface area (Å²) in [7, 11) is 0. The van der Waals surface area contributed by atoms with Gasteiger partial charge >= 0.3 is 5.97 Å². The molecule has 0 unspecified atom stereocenters. The van der Waals surface area contributed by atoms with Crippen molar-refractivity contribution in [2.24, 2.45) is 0 Å². The Labute approximate surface area is 144 Å². The molecule has 0 saturated carbocycles. The van der Waals surface area contributed by atoms with E-state index in [1.54, 1.807) is 0 Å². The number of phenols is 1. The van der Waals surface area contributed by atoms with Gasteiger partial charge in [-0.05, 0) is 36.8 Å². The molecule has 0 fully saturated rings. The fraction of sp³-hybridized carbons (Fsp3) is 0.111. The van der Waals surface area contributed by atoms with Gasteiger partial charge in [-0.15, -0.1) is 0 Å². The van der Waals surface area contributed by atoms with Crippen LogP contribution in [-0.4, -0.2) is 26.7 Å². The van der Waals surface area contributed by atoms with Crippen LogP contribution in [0.1, 0.15) is 21.6 Å². The van der Waals surface area contributed by atoms with Gasteiger partial charge in [0.25, 0.3) is 5.91 Å². The number of aromatic hydroxyl groups is 1.